The van der Waals surface area contributed by atoms with Gasteiger partial charge in [-0.2, -0.15) is 0 Å². The van der Waals surface area contributed by atoms with Crippen LogP contribution in [0.4, 0.5) is 5.69 Å². The molecule has 1 aliphatic heterocycles. The van der Waals surface area contributed by atoms with Gasteiger partial charge in [0, 0.05) is 18.7 Å². The molecule has 3 heteroatoms. The molecule has 1 aliphatic carbocycles. The van der Waals surface area contributed by atoms with E-state index >= 15 is 0 Å². The van der Waals surface area contributed by atoms with Crippen molar-refractivity contribution in [3.8, 4) is 5.75 Å². The topological polar surface area (TPSA) is 30.5 Å². The van der Waals surface area contributed by atoms with Crippen molar-refractivity contribution < 1.29 is 9.47 Å². The summed E-state index contributed by atoms with van der Waals surface area (Å²) in [4.78, 5) is 0. The van der Waals surface area contributed by atoms with E-state index < -0.39 is 0 Å². The summed E-state index contributed by atoms with van der Waals surface area (Å²) in [5.41, 5.74) is 3.92. The number of benzene rings is 3. The Balaban J connectivity index is 1.48. The van der Waals surface area contributed by atoms with Crippen molar-refractivity contribution in [2.75, 3.05) is 25.6 Å². The van der Waals surface area contributed by atoms with Crippen LogP contribution >= 0.6 is 0 Å². The summed E-state index contributed by atoms with van der Waals surface area (Å²) in [7, 11) is 1.70. The molecule has 3 atom stereocenters. The monoisotopic (exact) mass is 371 g/mol. The molecule has 0 spiro atoms. The molecule has 3 aromatic rings. The normalized spacial score (nSPS) is 22.5. The number of methoxy groups -OCH3 is 1. The third kappa shape index (κ3) is 3.06. The first kappa shape index (κ1) is 17.3. The van der Waals surface area contributed by atoms with Gasteiger partial charge in [-0.1, -0.05) is 48.6 Å². The molecule has 0 aromatic heterocycles. The molecule has 1 heterocycles. The van der Waals surface area contributed by atoms with E-state index in [0.717, 1.165) is 12.2 Å². The largest absolute Gasteiger partial charge is 0.491 e. The van der Waals surface area contributed by atoms with E-state index in [9.17, 15) is 0 Å². The second-order valence-corrected chi connectivity index (χ2v) is 7.67. The number of nitrogens with one attached hydrogen (secondary N) is 1. The average Bonchev–Trinajstić information content (AvgIpc) is 3.23. The van der Waals surface area contributed by atoms with E-state index in [-0.39, 0.29) is 0 Å². The Morgan fingerprint density at radius 1 is 0.964 bits per heavy atom. The molecule has 0 saturated heterocycles. The van der Waals surface area contributed by atoms with Crippen molar-refractivity contribution in [2.24, 2.45) is 5.92 Å². The Bertz CT molecular complexity index is 1030. The van der Waals surface area contributed by atoms with Crippen LogP contribution in [0.5, 0.6) is 5.75 Å². The third-order valence-corrected chi connectivity index (χ3v) is 6.02. The minimum atomic E-state index is 0.317. The first-order valence-corrected chi connectivity index (χ1v) is 10.0. The Kier molecular flexibility index (Phi) is 4.53. The first-order valence-electron chi connectivity index (χ1n) is 10.0. The molecular formula is C25H25NO2. The number of rotatable bonds is 5. The van der Waals surface area contributed by atoms with Crippen molar-refractivity contribution in [1.29, 1.82) is 0 Å². The predicted octanol–water partition coefficient (Wildman–Crippen LogP) is 5.69. The Morgan fingerprint density at radius 2 is 1.86 bits per heavy atom. The van der Waals surface area contributed by atoms with Crippen LogP contribution in [0.1, 0.15) is 29.5 Å². The van der Waals surface area contributed by atoms with Crippen molar-refractivity contribution >= 4 is 16.5 Å². The molecule has 142 valence electrons. The summed E-state index contributed by atoms with van der Waals surface area (Å²) in [6.07, 6.45) is 5.80. The summed E-state index contributed by atoms with van der Waals surface area (Å²) in [5, 5.41) is 6.42. The van der Waals surface area contributed by atoms with Gasteiger partial charge in [0.2, 0.25) is 0 Å². The van der Waals surface area contributed by atoms with Gasteiger partial charge in [0.1, 0.15) is 12.4 Å². The lowest BCUT2D eigenvalue weighted by molar-refractivity contribution is 0.146. The van der Waals surface area contributed by atoms with Gasteiger partial charge >= 0.3 is 0 Å². The maximum absolute atomic E-state index is 5.84. The molecular weight excluding hydrogens is 346 g/mol. The van der Waals surface area contributed by atoms with Crippen LogP contribution in [-0.4, -0.2) is 20.3 Å². The highest BCUT2D eigenvalue weighted by atomic mass is 16.5. The van der Waals surface area contributed by atoms with E-state index in [4.69, 9.17) is 9.47 Å². The summed E-state index contributed by atoms with van der Waals surface area (Å²) >= 11 is 0. The van der Waals surface area contributed by atoms with Gasteiger partial charge in [0.25, 0.3) is 0 Å². The van der Waals surface area contributed by atoms with Crippen LogP contribution in [0.3, 0.4) is 0 Å². The van der Waals surface area contributed by atoms with Gasteiger partial charge < -0.3 is 14.8 Å². The molecule has 28 heavy (non-hydrogen) atoms. The first-order chi connectivity index (χ1) is 13.8. The lowest BCUT2D eigenvalue weighted by Gasteiger charge is -2.37. The van der Waals surface area contributed by atoms with Gasteiger partial charge in [-0.15, -0.1) is 0 Å². The molecule has 0 bridgehead atoms. The van der Waals surface area contributed by atoms with Crippen LogP contribution in [0.15, 0.2) is 72.8 Å². The highest BCUT2D eigenvalue weighted by molar-refractivity contribution is 5.83. The number of ether oxygens (including phenoxy) is 2. The minimum absolute atomic E-state index is 0.317. The van der Waals surface area contributed by atoms with Gasteiger partial charge in [0.05, 0.1) is 12.6 Å². The molecule has 3 nitrogen and oxygen atoms in total. The third-order valence-electron chi connectivity index (χ3n) is 6.02. The zero-order chi connectivity index (χ0) is 18.9. The average molecular weight is 371 g/mol. The number of allylic oxidation sites excluding steroid dienone is 2. The molecule has 0 radical (unpaired) electrons. The molecule has 0 amide bonds. The van der Waals surface area contributed by atoms with Gasteiger partial charge in [0.15, 0.2) is 0 Å². The van der Waals surface area contributed by atoms with Crippen LogP contribution in [0.2, 0.25) is 0 Å². The smallest absolute Gasteiger partial charge is 0.119 e. The quantitative estimate of drug-likeness (QED) is 0.461. The van der Waals surface area contributed by atoms with E-state index in [1.54, 1.807) is 7.11 Å². The van der Waals surface area contributed by atoms with Crippen molar-refractivity contribution in [3.05, 3.63) is 83.9 Å². The zero-order valence-corrected chi connectivity index (χ0v) is 16.1. The van der Waals surface area contributed by atoms with Crippen LogP contribution < -0.4 is 10.1 Å². The highest BCUT2D eigenvalue weighted by Crippen LogP contribution is 2.50. The number of hydrogen-bond acceptors (Lipinski definition) is 3. The Morgan fingerprint density at radius 3 is 2.75 bits per heavy atom. The van der Waals surface area contributed by atoms with Gasteiger partial charge in [-0.25, -0.2) is 0 Å². The van der Waals surface area contributed by atoms with Crippen molar-refractivity contribution in [2.45, 2.75) is 18.4 Å². The number of hydrogen-bond donors (Lipinski definition) is 1. The van der Waals surface area contributed by atoms with Gasteiger partial charge in [-0.3, -0.25) is 0 Å². The van der Waals surface area contributed by atoms with Crippen LogP contribution in [0.25, 0.3) is 10.8 Å². The molecule has 3 aromatic carbocycles. The van der Waals surface area contributed by atoms with Crippen LogP contribution in [-0.2, 0) is 4.74 Å². The fourth-order valence-electron chi connectivity index (χ4n) is 4.64. The number of anilines is 1. The summed E-state index contributed by atoms with van der Waals surface area (Å²) < 4.78 is 10.9. The minimum Gasteiger partial charge on any atom is -0.491 e. The SMILES string of the molecule is COCCOc1ccc2c(c1)C1C=CCC1C(c1ccc3ccccc3c1)N2. The summed E-state index contributed by atoms with van der Waals surface area (Å²) in [5.74, 6) is 1.88. The zero-order valence-electron chi connectivity index (χ0n) is 16.1. The lowest BCUT2D eigenvalue weighted by atomic mass is 9.77. The Hall–Kier alpha value is -2.78. The van der Waals surface area contributed by atoms with E-state index in [1.807, 2.05) is 0 Å². The Labute approximate surface area is 166 Å². The van der Waals surface area contributed by atoms with Gasteiger partial charge in [-0.05, 0) is 58.5 Å². The summed E-state index contributed by atoms with van der Waals surface area (Å²) in [6.45, 7) is 1.18. The number of fused-ring (bicyclic) bond motifs is 4. The summed E-state index contributed by atoms with van der Waals surface area (Å²) in [6, 6.07) is 22.2. The second-order valence-electron chi connectivity index (χ2n) is 7.67. The second kappa shape index (κ2) is 7.33. The fraction of sp³-hybridized carbons (Fsp3) is 0.280. The maximum atomic E-state index is 5.84. The molecule has 0 fully saturated rings. The van der Waals surface area contributed by atoms with Crippen molar-refractivity contribution in [3.63, 3.8) is 0 Å². The molecule has 3 unspecified atom stereocenters. The maximum Gasteiger partial charge on any atom is 0.119 e. The predicted molar refractivity (Wildman–Crippen MR) is 114 cm³/mol. The van der Waals surface area contributed by atoms with E-state index in [1.165, 1.54) is 27.6 Å². The van der Waals surface area contributed by atoms with E-state index in [0.29, 0.717) is 31.1 Å². The van der Waals surface area contributed by atoms with Crippen molar-refractivity contribution in [1.82, 2.24) is 0 Å². The van der Waals surface area contributed by atoms with E-state index in [2.05, 4.69) is 78.1 Å². The highest BCUT2D eigenvalue weighted by Gasteiger charge is 2.38. The lowest BCUT2D eigenvalue weighted by Crippen LogP contribution is -2.29. The molecule has 0 saturated carbocycles. The standard InChI is InChI=1S/C25H25NO2/c1-27-13-14-28-20-11-12-24-23(16-20)21-7-4-8-22(21)25(26-24)19-10-9-17-5-2-3-6-18(17)15-19/h2-7,9-12,15-16,21-22,25-26H,8,13-14H2,1H3. The molecule has 2 aliphatic rings. The van der Waals surface area contributed by atoms with Crippen LogP contribution in [0, 0.1) is 5.92 Å². The fourth-order valence-corrected chi connectivity index (χ4v) is 4.64. The molecule has 5 rings (SSSR count). The molecule has 1 N–H and O–H groups in total.